The first-order valence-corrected chi connectivity index (χ1v) is 9.32. The van der Waals surface area contributed by atoms with Crippen molar-refractivity contribution in [2.45, 2.75) is 13.0 Å². The maximum absolute atomic E-state index is 6.21. The van der Waals surface area contributed by atoms with Gasteiger partial charge < -0.3 is 10.6 Å². The summed E-state index contributed by atoms with van der Waals surface area (Å²) in [5.41, 5.74) is 3.05. The van der Waals surface area contributed by atoms with Crippen molar-refractivity contribution in [3.63, 3.8) is 0 Å². The van der Waals surface area contributed by atoms with Crippen molar-refractivity contribution in [1.82, 2.24) is 15.1 Å². The van der Waals surface area contributed by atoms with Gasteiger partial charge in [0.25, 0.3) is 0 Å². The molecule has 0 amide bonds. The molecule has 3 aromatic rings. The lowest BCUT2D eigenvalue weighted by Gasteiger charge is -2.09. The van der Waals surface area contributed by atoms with E-state index in [0.29, 0.717) is 21.7 Å². The Balaban J connectivity index is 1.49. The lowest BCUT2D eigenvalue weighted by atomic mass is 10.1. The molecule has 0 radical (unpaired) electrons. The lowest BCUT2D eigenvalue weighted by molar-refractivity contribution is 0.687. The number of thiocarbonyl (C=S) groups is 1. The SMILES string of the molecule is S=C(NCCc1ccccc1)Nc1cnn(Cc2ccc(Cl)cc2Cl)c1. The van der Waals surface area contributed by atoms with E-state index < -0.39 is 0 Å². The van der Waals surface area contributed by atoms with Crippen molar-refractivity contribution in [1.29, 1.82) is 0 Å². The molecule has 4 nitrogen and oxygen atoms in total. The summed E-state index contributed by atoms with van der Waals surface area (Å²) < 4.78 is 1.80. The first kappa shape index (κ1) is 18.7. The van der Waals surface area contributed by atoms with E-state index in [1.165, 1.54) is 5.56 Å². The fraction of sp³-hybridized carbons (Fsp3) is 0.158. The normalized spacial score (nSPS) is 10.5. The highest BCUT2D eigenvalue weighted by Crippen LogP contribution is 2.22. The Morgan fingerprint density at radius 3 is 2.69 bits per heavy atom. The van der Waals surface area contributed by atoms with E-state index in [1.807, 2.05) is 36.5 Å². The van der Waals surface area contributed by atoms with Gasteiger partial charge in [0.15, 0.2) is 5.11 Å². The average molecular weight is 405 g/mol. The molecule has 2 aromatic carbocycles. The van der Waals surface area contributed by atoms with Crippen LogP contribution in [0.1, 0.15) is 11.1 Å². The second kappa shape index (κ2) is 9.03. The molecule has 26 heavy (non-hydrogen) atoms. The van der Waals surface area contributed by atoms with Gasteiger partial charge >= 0.3 is 0 Å². The zero-order chi connectivity index (χ0) is 18.4. The number of hydrogen-bond donors (Lipinski definition) is 2. The molecule has 7 heteroatoms. The van der Waals surface area contributed by atoms with Gasteiger partial charge in [-0.25, -0.2) is 0 Å². The van der Waals surface area contributed by atoms with Gasteiger partial charge in [-0.15, -0.1) is 0 Å². The van der Waals surface area contributed by atoms with E-state index in [0.717, 1.165) is 24.2 Å². The van der Waals surface area contributed by atoms with Gasteiger partial charge in [-0.1, -0.05) is 59.6 Å². The monoisotopic (exact) mass is 404 g/mol. The molecule has 0 aliphatic rings. The first-order chi connectivity index (χ1) is 12.6. The Morgan fingerprint density at radius 1 is 1.12 bits per heavy atom. The van der Waals surface area contributed by atoms with Crippen LogP contribution in [0.25, 0.3) is 0 Å². The molecule has 0 aliphatic heterocycles. The van der Waals surface area contributed by atoms with Crippen LogP contribution >= 0.6 is 35.4 Å². The quantitative estimate of drug-likeness (QED) is 0.580. The third kappa shape index (κ3) is 5.46. The largest absolute Gasteiger partial charge is 0.362 e. The molecule has 0 aliphatic carbocycles. The minimum atomic E-state index is 0.561. The van der Waals surface area contributed by atoms with Crippen molar-refractivity contribution in [2.75, 3.05) is 11.9 Å². The first-order valence-electron chi connectivity index (χ1n) is 8.15. The Kier molecular flexibility index (Phi) is 6.50. The summed E-state index contributed by atoms with van der Waals surface area (Å²) in [6, 6.07) is 15.7. The van der Waals surface area contributed by atoms with Crippen molar-refractivity contribution >= 4 is 46.2 Å². The molecule has 3 rings (SSSR count). The van der Waals surface area contributed by atoms with Crippen LogP contribution in [0, 0.1) is 0 Å². The van der Waals surface area contributed by atoms with E-state index in [-0.39, 0.29) is 0 Å². The van der Waals surface area contributed by atoms with Crippen LogP contribution in [-0.2, 0) is 13.0 Å². The molecular weight excluding hydrogens is 387 g/mol. The zero-order valence-electron chi connectivity index (χ0n) is 14.0. The van der Waals surface area contributed by atoms with Gasteiger partial charge in [0.2, 0.25) is 0 Å². The molecule has 0 atom stereocenters. The van der Waals surface area contributed by atoms with E-state index in [4.69, 9.17) is 35.4 Å². The molecule has 0 bridgehead atoms. The van der Waals surface area contributed by atoms with Gasteiger partial charge in [0, 0.05) is 22.8 Å². The number of nitrogens with one attached hydrogen (secondary N) is 2. The summed E-state index contributed by atoms with van der Waals surface area (Å²) in [6.45, 7) is 1.33. The van der Waals surface area contributed by atoms with Crippen molar-refractivity contribution < 1.29 is 0 Å². The Bertz CT molecular complexity index is 880. The van der Waals surface area contributed by atoms with E-state index >= 15 is 0 Å². The Labute approximate surface area is 168 Å². The van der Waals surface area contributed by atoms with Crippen molar-refractivity contribution in [3.8, 4) is 0 Å². The number of hydrogen-bond acceptors (Lipinski definition) is 2. The highest BCUT2D eigenvalue weighted by Gasteiger charge is 2.05. The predicted octanol–water partition coefficient (Wildman–Crippen LogP) is 4.77. The van der Waals surface area contributed by atoms with Crippen molar-refractivity contribution in [2.24, 2.45) is 0 Å². The van der Waals surface area contributed by atoms with E-state index in [9.17, 15) is 0 Å². The predicted molar refractivity (Wildman–Crippen MR) is 112 cm³/mol. The van der Waals surface area contributed by atoms with Gasteiger partial charge in [-0.05, 0) is 41.9 Å². The van der Waals surface area contributed by atoms with Crippen LogP contribution in [0.3, 0.4) is 0 Å². The summed E-state index contributed by atoms with van der Waals surface area (Å²) in [5, 5.41) is 12.5. The second-order valence-electron chi connectivity index (χ2n) is 5.78. The minimum Gasteiger partial charge on any atom is -0.362 e. The molecule has 0 unspecified atom stereocenters. The molecule has 0 saturated carbocycles. The van der Waals surface area contributed by atoms with Crippen LogP contribution < -0.4 is 10.6 Å². The lowest BCUT2D eigenvalue weighted by Crippen LogP contribution is -2.30. The topological polar surface area (TPSA) is 41.9 Å². The zero-order valence-corrected chi connectivity index (χ0v) is 16.3. The number of anilines is 1. The van der Waals surface area contributed by atoms with Gasteiger partial charge in [0.1, 0.15) is 0 Å². The number of benzene rings is 2. The summed E-state index contributed by atoms with van der Waals surface area (Å²) in [5.74, 6) is 0. The maximum atomic E-state index is 6.21. The fourth-order valence-electron chi connectivity index (χ4n) is 2.48. The Morgan fingerprint density at radius 2 is 1.92 bits per heavy atom. The van der Waals surface area contributed by atoms with Crippen molar-refractivity contribution in [3.05, 3.63) is 82.1 Å². The highest BCUT2D eigenvalue weighted by molar-refractivity contribution is 7.80. The molecule has 2 N–H and O–H groups in total. The van der Waals surface area contributed by atoms with E-state index in [2.05, 4.69) is 27.9 Å². The third-order valence-corrected chi connectivity index (χ3v) is 4.61. The maximum Gasteiger partial charge on any atom is 0.170 e. The highest BCUT2D eigenvalue weighted by atomic mass is 35.5. The smallest absolute Gasteiger partial charge is 0.170 e. The number of aromatic nitrogens is 2. The summed E-state index contributed by atoms with van der Waals surface area (Å²) in [6.07, 6.45) is 4.53. The van der Waals surface area contributed by atoms with Crippen LogP contribution in [0.15, 0.2) is 60.9 Å². The minimum absolute atomic E-state index is 0.561. The molecule has 1 aromatic heterocycles. The van der Waals surface area contributed by atoms with Gasteiger partial charge in [0.05, 0.1) is 18.4 Å². The summed E-state index contributed by atoms with van der Waals surface area (Å²) >= 11 is 17.5. The van der Waals surface area contributed by atoms with Gasteiger partial charge in [-0.2, -0.15) is 5.10 Å². The van der Waals surface area contributed by atoms with Crippen LogP contribution in [0.2, 0.25) is 10.0 Å². The Hall–Kier alpha value is -2.08. The van der Waals surface area contributed by atoms with Crippen LogP contribution in [-0.4, -0.2) is 21.4 Å². The number of halogens is 2. The molecule has 134 valence electrons. The molecular formula is C19H18Cl2N4S. The molecule has 1 heterocycles. The summed E-state index contributed by atoms with van der Waals surface area (Å²) in [4.78, 5) is 0. The van der Waals surface area contributed by atoms with Crippen LogP contribution in [0.4, 0.5) is 5.69 Å². The average Bonchev–Trinajstić information content (AvgIpc) is 3.05. The molecule has 0 fully saturated rings. The fourth-order valence-corrected chi connectivity index (χ4v) is 3.17. The second-order valence-corrected chi connectivity index (χ2v) is 7.03. The standard InChI is InChI=1S/C19H18Cl2N4S/c20-16-7-6-15(18(21)10-16)12-25-13-17(11-23-25)24-19(26)22-9-8-14-4-2-1-3-5-14/h1-7,10-11,13H,8-9,12H2,(H2,22,24,26). The van der Waals surface area contributed by atoms with E-state index in [1.54, 1.807) is 16.9 Å². The molecule has 0 spiro atoms. The van der Waals surface area contributed by atoms with Gasteiger partial charge in [-0.3, -0.25) is 4.68 Å². The number of rotatable bonds is 6. The third-order valence-electron chi connectivity index (χ3n) is 3.78. The molecule has 0 saturated heterocycles. The van der Waals surface area contributed by atoms with Crippen LogP contribution in [0.5, 0.6) is 0 Å². The summed E-state index contributed by atoms with van der Waals surface area (Å²) in [7, 11) is 0. The number of nitrogens with zero attached hydrogens (tertiary/aromatic N) is 2.